The minimum absolute atomic E-state index is 0.358. The number of hydrogen-bond acceptors (Lipinski definition) is 2. The summed E-state index contributed by atoms with van der Waals surface area (Å²) >= 11 is 1.87. The van der Waals surface area contributed by atoms with E-state index in [-0.39, 0.29) is 0 Å². The third-order valence-electron chi connectivity index (χ3n) is 2.06. The number of thioether (sulfide) groups is 1. The first-order valence-electron chi connectivity index (χ1n) is 5.48. The summed E-state index contributed by atoms with van der Waals surface area (Å²) in [6.45, 7) is 11.2. The fourth-order valence-corrected chi connectivity index (χ4v) is 2.42. The Morgan fingerprint density at radius 3 is 2.53 bits per heavy atom. The van der Waals surface area contributed by atoms with Crippen LogP contribution in [0.25, 0.3) is 0 Å². The van der Waals surface area contributed by atoms with Gasteiger partial charge in [-0.25, -0.2) is 4.98 Å². The minimum atomic E-state index is 0.358. The van der Waals surface area contributed by atoms with Gasteiger partial charge in [0.2, 0.25) is 0 Å². The van der Waals surface area contributed by atoms with Crippen LogP contribution in [-0.2, 0) is 0 Å². The van der Waals surface area contributed by atoms with Gasteiger partial charge in [0.25, 0.3) is 0 Å². The molecule has 15 heavy (non-hydrogen) atoms. The molecule has 0 saturated carbocycles. The van der Waals surface area contributed by atoms with Crippen molar-refractivity contribution in [2.45, 2.75) is 45.6 Å². The van der Waals surface area contributed by atoms with Crippen molar-refractivity contribution in [3.05, 3.63) is 23.9 Å². The van der Waals surface area contributed by atoms with Gasteiger partial charge in [-0.15, -0.1) is 11.8 Å². The van der Waals surface area contributed by atoms with Crippen molar-refractivity contribution in [2.24, 2.45) is 5.41 Å². The van der Waals surface area contributed by atoms with E-state index in [1.807, 2.05) is 24.0 Å². The maximum Gasteiger partial charge on any atom is 0.0994 e. The van der Waals surface area contributed by atoms with Crippen LogP contribution >= 0.6 is 11.8 Å². The summed E-state index contributed by atoms with van der Waals surface area (Å²) in [6, 6.07) is 4.21. The van der Waals surface area contributed by atoms with Gasteiger partial charge in [-0.05, 0) is 23.0 Å². The highest BCUT2D eigenvalue weighted by Gasteiger charge is 2.14. The van der Waals surface area contributed by atoms with Crippen LogP contribution in [0.2, 0.25) is 0 Å². The van der Waals surface area contributed by atoms with E-state index in [1.54, 1.807) is 0 Å². The molecule has 0 N–H and O–H groups in total. The highest BCUT2D eigenvalue weighted by atomic mass is 32.2. The van der Waals surface area contributed by atoms with Crippen LogP contribution in [-0.4, -0.2) is 10.7 Å². The Bertz CT molecular complexity index is 313. The van der Waals surface area contributed by atoms with Crippen molar-refractivity contribution in [3.63, 3.8) is 0 Å². The SMILES string of the molecule is CC(C)c1cccnc1SCC(C)(C)C. The van der Waals surface area contributed by atoms with Gasteiger partial charge < -0.3 is 0 Å². The van der Waals surface area contributed by atoms with Crippen molar-refractivity contribution >= 4 is 11.8 Å². The number of nitrogens with zero attached hydrogens (tertiary/aromatic N) is 1. The molecule has 0 aliphatic heterocycles. The molecule has 2 heteroatoms. The fraction of sp³-hybridized carbons (Fsp3) is 0.615. The fourth-order valence-electron chi connectivity index (χ4n) is 1.25. The molecule has 1 aromatic rings. The van der Waals surface area contributed by atoms with Crippen molar-refractivity contribution < 1.29 is 0 Å². The molecule has 0 aliphatic rings. The predicted octanol–water partition coefficient (Wildman–Crippen LogP) is 4.34. The van der Waals surface area contributed by atoms with E-state index in [2.05, 4.69) is 45.7 Å². The number of hydrogen-bond donors (Lipinski definition) is 0. The largest absolute Gasteiger partial charge is 0.250 e. The van der Waals surface area contributed by atoms with Crippen LogP contribution < -0.4 is 0 Å². The minimum Gasteiger partial charge on any atom is -0.250 e. The van der Waals surface area contributed by atoms with E-state index in [9.17, 15) is 0 Å². The highest BCUT2D eigenvalue weighted by molar-refractivity contribution is 7.99. The predicted molar refractivity (Wildman–Crippen MR) is 68.5 cm³/mol. The first kappa shape index (κ1) is 12.6. The highest BCUT2D eigenvalue weighted by Crippen LogP contribution is 2.30. The molecule has 1 heterocycles. The number of pyridine rings is 1. The molecule has 0 atom stereocenters. The van der Waals surface area contributed by atoms with Gasteiger partial charge in [-0.2, -0.15) is 0 Å². The Morgan fingerprint density at radius 2 is 2.00 bits per heavy atom. The molecule has 0 saturated heterocycles. The monoisotopic (exact) mass is 223 g/mol. The van der Waals surface area contributed by atoms with Crippen LogP contribution in [0.3, 0.4) is 0 Å². The van der Waals surface area contributed by atoms with Gasteiger partial charge in [0.05, 0.1) is 5.03 Å². The molecule has 0 aliphatic carbocycles. The lowest BCUT2D eigenvalue weighted by molar-refractivity contribution is 0.480. The quantitative estimate of drug-likeness (QED) is 0.707. The Kier molecular flexibility index (Phi) is 4.21. The number of rotatable bonds is 3. The van der Waals surface area contributed by atoms with Gasteiger partial charge in [0.1, 0.15) is 0 Å². The second-order valence-corrected chi connectivity index (χ2v) is 6.37. The summed E-state index contributed by atoms with van der Waals surface area (Å²) < 4.78 is 0. The molecular formula is C13H21NS. The average Bonchev–Trinajstić information content (AvgIpc) is 2.14. The zero-order chi connectivity index (χ0) is 11.5. The Labute approximate surface area is 97.7 Å². The summed E-state index contributed by atoms with van der Waals surface area (Å²) in [5.41, 5.74) is 1.72. The topological polar surface area (TPSA) is 12.9 Å². The molecule has 0 aromatic carbocycles. The third kappa shape index (κ3) is 4.25. The standard InChI is InChI=1S/C13H21NS/c1-10(2)11-7-6-8-14-12(11)15-9-13(3,4)5/h6-8,10H,9H2,1-5H3. The first-order chi connectivity index (χ1) is 6.90. The van der Waals surface area contributed by atoms with Gasteiger partial charge in [-0.3, -0.25) is 0 Å². The maximum atomic E-state index is 4.47. The second kappa shape index (κ2) is 5.02. The van der Waals surface area contributed by atoms with Crippen molar-refractivity contribution in [2.75, 3.05) is 5.75 Å². The molecule has 0 unspecified atom stereocenters. The zero-order valence-electron chi connectivity index (χ0n) is 10.4. The van der Waals surface area contributed by atoms with Crippen molar-refractivity contribution in [1.29, 1.82) is 0 Å². The van der Waals surface area contributed by atoms with Crippen molar-refractivity contribution in [1.82, 2.24) is 4.98 Å². The smallest absolute Gasteiger partial charge is 0.0994 e. The lowest BCUT2D eigenvalue weighted by Crippen LogP contribution is -2.09. The molecule has 0 bridgehead atoms. The molecule has 0 amide bonds. The maximum absolute atomic E-state index is 4.47. The molecule has 1 rings (SSSR count). The molecule has 0 spiro atoms. The Morgan fingerprint density at radius 1 is 1.33 bits per heavy atom. The van der Waals surface area contributed by atoms with Crippen LogP contribution in [0.15, 0.2) is 23.4 Å². The van der Waals surface area contributed by atoms with Crippen LogP contribution in [0, 0.1) is 5.41 Å². The Hall–Kier alpha value is -0.500. The zero-order valence-corrected chi connectivity index (χ0v) is 11.2. The Balaban J connectivity index is 2.76. The van der Waals surface area contributed by atoms with E-state index in [1.165, 1.54) is 10.6 Å². The molecular weight excluding hydrogens is 202 g/mol. The normalized spacial score (nSPS) is 12.1. The van der Waals surface area contributed by atoms with E-state index in [0.717, 1.165) is 5.75 Å². The van der Waals surface area contributed by atoms with Crippen molar-refractivity contribution in [3.8, 4) is 0 Å². The summed E-state index contributed by atoms with van der Waals surface area (Å²) in [5.74, 6) is 1.67. The first-order valence-corrected chi connectivity index (χ1v) is 6.46. The van der Waals surface area contributed by atoms with Crippen LogP contribution in [0.1, 0.15) is 46.1 Å². The van der Waals surface area contributed by atoms with Crippen LogP contribution in [0.4, 0.5) is 0 Å². The van der Waals surface area contributed by atoms with Crippen LogP contribution in [0.5, 0.6) is 0 Å². The average molecular weight is 223 g/mol. The summed E-state index contributed by atoms with van der Waals surface area (Å²) in [7, 11) is 0. The molecule has 1 aromatic heterocycles. The van der Waals surface area contributed by atoms with Gasteiger partial charge >= 0.3 is 0 Å². The molecule has 1 nitrogen and oxygen atoms in total. The van der Waals surface area contributed by atoms with E-state index in [4.69, 9.17) is 0 Å². The lowest BCUT2D eigenvalue weighted by Gasteiger charge is -2.18. The molecule has 84 valence electrons. The van der Waals surface area contributed by atoms with Gasteiger partial charge in [0.15, 0.2) is 0 Å². The summed E-state index contributed by atoms with van der Waals surface area (Å²) in [5, 5.41) is 1.20. The third-order valence-corrected chi connectivity index (χ3v) is 3.69. The summed E-state index contributed by atoms with van der Waals surface area (Å²) in [4.78, 5) is 4.47. The number of aromatic nitrogens is 1. The van der Waals surface area contributed by atoms with Gasteiger partial charge in [0, 0.05) is 11.9 Å². The second-order valence-electron chi connectivity index (χ2n) is 5.40. The van der Waals surface area contributed by atoms with E-state index < -0.39 is 0 Å². The molecule has 0 radical (unpaired) electrons. The molecule has 0 fully saturated rings. The lowest BCUT2D eigenvalue weighted by atomic mass is 10.0. The van der Waals surface area contributed by atoms with Gasteiger partial charge in [-0.1, -0.05) is 40.7 Å². The van der Waals surface area contributed by atoms with E-state index >= 15 is 0 Å². The van der Waals surface area contributed by atoms with E-state index in [0.29, 0.717) is 11.3 Å². The summed E-state index contributed by atoms with van der Waals surface area (Å²) in [6.07, 6.45) is 1.89.